The Kier molecular flexibility index (Phi) is 4.36. The number of anilines is 1. The van der Waals surface area contributed by atoms with Crippen LogP contribution in [0.2, 0.25) is 0 Å². The molecule has 1 heterocycles. The number of alkyl halides is 3. The van der Waals surface area contributed by atoms with Gasteiger partial charge >= 0.3 is 6.18 Å². The zero-order valence-electron chi connectivity index (χ0n) is 10.2. The van der Waals surface area contributed by atoms with Crippen LogP contribution in [0.15, 0.2) is 22.7 Å². The second-order valence-electron chi connectivity index (χ2n) is 4.57. The van der Waals surface area contributed by atoms with Gasteiger partial charge in [0.25, 0.3) is 0 Å². The molecule has 2 rings (SSSR count). The van der Waals surface area contributed by atoms with Gasteiger partial charge in [0, 0.05) is 16.7 Å². The van der Waals surface area contributed by atoms with E-state index in [1.165, 1.54) is 6.07 Å². The van der Waals surface area contributed by atoms with E-state index in [9.17, 15) is 23.1 Å². The Labute approximate surface area is 121 Å². The maximum Gasteiger partial charge on any atom is 0.416 e. The van der Waals surface area contributed by atoms with Gasteiger partial charge in [0.2, 0.25) is 5.91 Å². The molecule has 0 aromatic heterocycles. The van der Waals surface area contributed by atoms with E-state index < -0.39 is 29.8 Å². The molecule has 3 N–H and O–H groups in total. The monoisotopic (exact) mass is 352 g/mol. The lowest BCUT2D eigenvalue weighted by Crippen LogP contribution is -2.35. The van der Waals surface area contributed by atoms with Crippen LogP contribution in [-0.4, -0.2) is 29.7 Å². The lowest BCUT2D eigenvalue weighted by atomic mass is 10.1. The molecule has 1 aliphatic rings. The van der Waals surface area contributed by atoms with Gasteiger partial charge in [-0.2, -0.15) is 13.2 Å². The topological polar surface area (TPSA) is 61.4 Å². The first-order chi connectivity index (χ1) is 9.25. The largest absolute Gasteiger partial charge is 0.416 e. The Morgan fingerprint density at radius 3 is 2.65 bits per heavy atom. The smallest absolute Gasteiger partial charge is 0.392 e. The minimum absolute atomic E-state index is 0.0555. The Hall–Kier alpha value is -1.12. The highest BCUT2D eigenvalue weighted by atomic mass is 79.9. The molecule has 1 saturated heterocycles. The van der Waals surface area contributed by atoms with Gasteiger partial charge in [0.1, 0.15) is 0 Å². The van der Waals surface area contributed by atoms with Crippen LogP contribution >= 0.6 is 15.9 Å². The number of carbonyl (C=O) groups excluding carboxylic acids is 1. The van der Waals surface area contributed by atoms with Crippen molar-refractivity contribution in [3.8, 4) is 0 Å². The summed E-state index contributed by atoms with van der Waals surface area (Å²) in [6.07, 6.45) is -4.85. The second-order valence-corrected chi connectivity index (χ2v) is 5.48. The average Bonchev–Trinajstić information content (AvgIpc) is 2.74. The molecular formula is C12H12BrF3N2O2. The van der Waals surface area contributed by atoms with Crippen LogP contribution in [0, 0.1) is 0 Å². The molecule has 2 unspecified atom stereocenters. The van der Waals surface area contributed by atoms with Crippen LogP contribution in [0.4, 0.5) is 18.9 Å². The molecule has 1 amide bonds. The maximum atomic E-state index is 12.7. The van der Waals surface area contributed by atoms with Crippen molar-refractivity contribution >= 4 is 27.5 Å². The molecule has 110 valence electrons. The van der Waals surface area contributed by atoms with Crippen LogP contribution in [0.25, 0.3) is 0 Å². The number of nitrogens with one attached hydrogen (secondary N) is 2. The quantitative estimate of drug-likeness (QED) is 0.764. The fourth-order valence-electron chi connectivity index (χ4n) is 1.97. The highest BCUT2D eigenvalue weighted by molar-refractivity contribution is 9.10. The van der Waals surface area contributed by atoms with Crippen molar-refractivity contribution in [3.63, 3.8) is 0 Å². The molecule has 1 aromatic rings. The Bertz CT molecular complexity index is 522. The van der Waals surface area contributed by atoms with Gasteiger partial charge in [-0.3, -0.25) is 4.79 Å². The number of aliphatic hydroxyl groups is 1. The highest BCUT2D eigenvalue weighted by Gasteiger charge is 2.32. The van der Waals surface area contributed by atoms with E-state index in [2.05, 4.69) is 26.6 Å². The summed E-state index contributed by atoms with van der Waals surface area (Å²) in [5, 5.41) is 14.5. The van der Waals surface area contributed by atoms with Crippen LogP contribution < -0.4 is 10.6 Å². The number of carbonyl (C=O) groups is 1. The van der Waals surface area contributed by atoms with Gasteiger partial charge in [-0.05, 0) is 24.6 Å². The third kappa shape index (κ3) is 3.71. The van der Waals surface area contributed by atoms with E-state index in [0.717, 1.165) is 12.1 Å². The van der Waals surface area contributed by atoms with E-state index in [1.54, 1.807) is 0 Å². The number of amides is 1. The van der Waals surface area contributed by atoms with Crippen molar-refractivity contribution in [3.05, 3.63) is 28.2 Å². The molecule has 1 aliphatic heterocycles. The van der Waals surface area contributed by atoms with E-state index in [4.69, 9.17) is 0 Å². The summed E-state index contributed by atoms with van der Waals surface area (Å²) >= 11 is 2.98. The van der Waals surface area contributed by atoms with Crippen LogP contribution in [0.5, 0.6) is 0 Å². The zero-order valence-corrected chi connectivity index (χ0v) is 11.8. The number of aliphatic hydroxyl groups excluding tert-OH is 1. The molecule has 20 heavy (non-hydrogen) atoms. The molecule has 1 fully saturated rings. The number of hydrogen-bond acceptors (Lipinski definition) is 3. The standard InChI is InChI=1S/C12H12BrF3N2O2/c13-7-1-6(12(14,15)16)2-8(3-7)18-11(20)10-4-9(19)5-17-10/h1-3,9-10,17,19H,4-5H2,(H,18,20). The number of benzene rings is 1. The summed E-state index contributed by atoms with van der Waals surface area (Å²) in [4.78, 5) is 11.9. The van der Waals surface area contributed by atoms with Crippen molar-refractivity contribution < 1.29 is 23.1 Å². The Morgan fingerprint density at radius 1 is 1.40 bits per heavy atom. The zero-order chi connectivity index (χ0) is 14.9. The summed E-state index contributed by atoms with van der Waals surface area (Å²) in [5.41, 5.74) is -0.790. The van der Waals surface area contributed by atoms with E-state index >= 15 is 0 Å². The molecule has 0 spiro atoms. The molecule has 0 aliphatic carbocycles. The molecular weight excluding hydrogens is 341 g/mol. The normalized spacial score (nSPS) is 22.9. The molecule has 8 heteroatoms. The van der Waals surface area contributed by atoms with Crippen molar-refractivity contribution in [2.45, 2.75) is 24.7 Å². The third-order valence-corrected chi connectivity index (χ3v) is 3.37. The predicted octanol–water partition coefficient (Wildman–Crippen LogP) is 2.13. The molecule has 1 aromatic carbocycles. The molecule has 2 atom stereocenters. The Balaban J connectivity index is 2.13. The molecule has 0 saturated carbocycles. The van der Waals surface area contributed by atoms with E-state index in [1.807, 2.05) is 0 Å². The molecule has 0 radical (unpaired) electrons. The first kappa shape index (κ1) is 15.3. The van der Waals surface area contributed by atoms with Crippen molar-refractivity contribution in [2.24, 2.45) is 0 Å². The second kappa shape index (κ2) is 5.71. The van der Waals surface area contributed by atoms with Gasteiger partial charge in [-0.15, -0.1) is 0 Å². The van der Waals surface area contributed by atoms with Crippen LogP contribution in [0.3, 0.4) is 0 Å². The Morgan fingerprint density at radius 2 is 2.10 bits per heavy atom. The summed E-state index contributed by atoms with van der Waals surface area (Å²) in [6.45, 7) is 0.296. The minimum Gasteiger partial charge on any atom is -0.392 e. The summed E-state index contributed by atoms with van der Waals surface area (Å²) in [5.74, 6) is -0.465. The maximum absolute atomic E-state index is 12.7. The van der Waals surface area contributed by atoms with Gasteiger partial charge in [-0.1, -0.05) is 15.9 Å². The summed E-state index contributed by atoms with van der Waals surface area (Å²) in [7, 11) is 0. The first-order valence-electron chi connectivity index (χ1n) is 5.86. The van der Waals surface area contributed by atoms with Gasteiger partial charge in [0.15, 0.2) is 0 Å². The minimum atomic E-state index is -4.48. The number of halogens is 4. The van der Waals surface area contributed by atoms with Gasteiger partial charge in [-0.25, -0.2) is 0 Å². The van der Waals surface area contributed by atoms with E-state index in [-0.39, 0.29) is 16.6 Å². The van der Waals surface area contributed by atoms with Crippen molar-refractivity contribution in [1.29, 1.82) is 0 Å². The number of rotatable bonds is 2. The summed E-state index contributed by atoms with van der Waals surface area (Å²) in [6, 6.07) is 2.60. The molecule has 4 nitrogen and oxygen atoms in total. The highest BCUT2D eigenvalue weighted by Crippen LogP contribution is 2.33. The molecule has 0 bridgehead atoms. The van der Waals surface area contributed by atoms with E-state index in [0.29, 0.717) is 6.54 Å². The van der Waals surface area contributed by atoms with Gasteiger partial charge in [0.05, 0.1) is 17.7 Å². The third-order valence-electron chi connectivity index (χ3n) is 2.92. The SMILES string of the molecule is O=C(Nc1cc(Br)cc(C(F)(F)F)c1)C1CC(O)CN1. The number of hydrogen-bond donors (Lipinski definition) is 3. The fraction of sp³-hybridized carbons (Fsp3) is 0.417. The summed E-state index contributed by atoms with van der Waals surface area (Å²) < 4.78 is 38.2. The van der Waals surface area contributed by atoms with Crippen molar-refractivity contribution in [1.82, 2.24) is 5.32 Å². The lowest BCUT2D eigenvalue weighted by molar-refractivity contribution is -0.137. The van der Waals surface area contributed by atoms with Crippen LogP contribution in [-0.2, 0) is 11.0 Å². The van der Waals surface area contributed by atoms with Gasteiger partial charge < -0.3 is 15.7 Å². The average molecular weight is 353 g/mol. The van der Waals surface area contributed by atoms with Crippen LogP contribution in [0.1, 0.15) is 12.0 Å². The fourth-order valence-corrected chi connectivity index (χ4v) is 2.46. The first-order valence-corrected chi connectivity index (χ1v) is 6.65. The number of β-amino-alcohol motifs (C(OH)–C–C–N with tert-alkyl or cyclic N) is 1. The lowest BCUT2D eigenvalue weighted by Gasteiger charge is -2.13. The van der Waals surface area contributed by atoms with Crippen molar-refractivity contribution in [2.75, 3.05) is 11.9 Å². The predicted molar refractivity (Wildman–Crippen MR) is 70.2 cm³/mol.